The standard InChI is InChI=1S/C9H12F3NO/c1-7(9(10,11)12)14-6-8(2-3-8)4-5-13/h7H,2-4,6H2,1H3. The van der Waals surface area contributed by atoms with Crippen molar-refractivity contribution in [3.63, 3.8) is 0 Å². The first-order valence-corrected chi connectivity index (χ1v) is 4.45. The first-order valence-electron chi connectivity index (χ1n) is 4.45. The average molecular weight is 207 g/mol. The van der Waals surface area contributed by atoms with Gasteiger partial charge in [-0.3, -0.25) is 0 Å². The van der Waals surface area contributed by atoms with Crippen LogP contribution < -0.4 is 0 Å². The van der Waals surface area contributed by atoms with E-state index in [-0.39, 0.29) is 18.4 Å². The van der Waals surface area contributed by atoms with Crippen molar-refractivity contribution in [1.82, 2.24) is 0 Å². The summed E-state index contributed by atoms with van der Waals surface area (Å²) in [5, 5.41) is 8.44. The Balaban J connectivity index is 2.31. The maximum Gasteiger partial charge on any atom is 0.414 e. The van der Waals surface area contributed by atoms with Gasteiger partial charge in [-0.2, -0.15) is 18.4 Å². The van der Waals surface area contributed by atoms with Gasteiger partial charge < -0.3 is 4.74 Å². The third kappa shape index (κ3) is 2.88. The van der Waals surface area contributed by atoms with Crippen LogP contribution in [-0.4, -0.2) is 18.9 Å². The largest absolute Gasteiger partial charge is 0.414 e. The minimum absolute atomic E-state index is 0.0429. The molecule has 0 radical (unpaired) electrons. The number of nitriles is 1. The minimum atomic E-state index is -4.30. The number of hydrogen-bond donors (Lipinski definition) is 0. The second kappa shape index (κ2) is 3.77. The first kappa shape index (κ1) is 11.3. The Morgan fingerprint density at radius 1 is 1.50 bits per heavy atom. The molecule has 0 aliphatic heterocycles. The van der Waals surface area contributed by atoms with E-state index >= 15 is 0 Å². The molecule has 0 saturated heterocycles. The highest BCUT2D eigenvalue weighted by Crippen LogP contribution is 2.49. The zero-order valence-corrected chi connectivity index (χ0v) is 7.90. The summed E-state index contributed by atoms with van der Waals surface area (Å²) in [6, 6.07) is 1.97. The average Bonchev–Trinajstić information content (AvgIpc) is 2.80. The second-order valence-electron chi connectivity index (χ2n) is 3.83. The van der Waals surface area contributed by atoms with Crippen LogP contribution >= 0.6 is 0 Å². The molecule has 0 heterocycles. The van der Waals surface area contributed by atoms with Crippen LogP contribution in [0.15, 0.2) is 0 Å². The van der Waals surface area contributed by atoms with Crippen LogP contribution in [0.2, 0.25) is 0 Å². The maximum atomic E-state index is 12.0. The van der Waals surface area contributed by atoms with Gasteiger partial charge in [0.2, 0.25) is 0 Å². The fourth-order valence-electron chi connectivity index (χ4n) is 1.11. The van der Waals surface area contributed by atoms with Crippen molar-refractivity contribution in [2.24, 2.45) is 5.41 Å². The summed E-state index contributed by atoms with van der Waals surface area (Å²) in [4.78, 5) is 0. The molecule has 1 unspecified atom stereocenters. The molecule has 0 spiro atoms. The molecular formula is C9H12F3NO. The summed E-state index contributed by atoms with van der Waals surface area (Å²) in [7, 11) is 0. The van der Waals surface area contributed by atoms with Gasteiger partial charge in [0.1, 0.15) is 0 Å². The highest BCUT2D eigenvalue weighted by atomic mass is 19.4. The molecule has 0 N–H and O–H groups in total. The van der Waals surface area contributed by atoms with Crippen molar-refractivity contribution in [2.45, 2.75) is 38.5 Å². The van der Waals surface area contributed by atoms with Gasteiger partial charge in [0, 0.05) is 11.8 Å². The van der Waals surface area contributed by atoms with E-state index in [1.165, 1.54) is 0 Å². The fourth-order valence-corrected chi connectivity index (χ4v) is 1.11. The summed E-state index contributed by atoms with van der Waals surface area (Å²) in [5.41, 5.74) is -0.283. The van der Waals surface area contributed by atoms with Crippen LogP contribution in [0.4, 0.5) is 13.2 Å². The highest BCUT2D eigenvalue weighted by molar-refractivity contribution is 4.99. The summed E-state index contributed by atoms with van der Waals surface area (Å²) in [6.45, 7) is 1.03. The lowest BCUT2D eigenvalue weighted by Crippen LogP contribution is -2.30. The number of hydrogen-bond acceptors (Lipinski definition) is 2. The maximum absolute atomic E-state index is 12.0. The zero-order valence-electron chi connectivity index (χ0n) is 7.90. The minimum Gasteiger partial charge on any atom is -0.368 e. The molecule has 0 amide bonds. The molecule has 0 aromatic carbocycles. The van der Waals surface area contributed by atoms with E-state index in [0.717, 1.165) is 19.8 Å². The molecule has 1 atom stereocenters. The third-order valence-electron chi connectivity index (χ3n) is 2.51. The number of rotatable bonds is 4. The fraction of sp³-hybridized carbons (Fsp3) is 0.889. The van der Waals surface area contributed by atoms with E-state index in [9.17, 15) is 13.2 Å². The van der Waals surface area contributed by atoms with E-state index in [0.29, 0.717) is 0 Å². The summed E-state index contributed by atoms with van der Waals surface area (Å²) in [5.74, 6) is 0. The molecule has 0 aromatic heterocycles. The SMILES string of the molecule is CC(OCC1(CC#N)CC1)C(F)(F)F. The number of nitrogens with zero attached hydrogens (tertiary/aromatic N) is 1. The molecule has 2 nitrogen and oxygen atoms in total. The van der Waals surface area contributed by atoms with Gasteiger partial charge in [0.25, 0.3) is 0 Å². The van der Waals surface area contributed by atoms with Gasteiger partial charge in [-0.05, 0) is 19.8 Å². The van der Waals surface area contributed by atoms with E-state index in [1.54, 1.807) is 0 Å². The van der Waals surface area contributed by atoms with Gasteiger partial charge in [0.15, 0.2) is 6.10 Å². The van der Waals surface area contributed by atoms with Crippen molar-refractivity contribution in [1.29, 1.82) is 5.26 Å². The van der Waals surface area contributed by atoms with E-state index in [2.05, 4.69) is 0 Å². The molecule has 14 heavy (non-hydrogen) atoms. The lowest BCUT2D eigenvalue weighted by Gasteiger charge is -2.19. The first-order chi connectivity index (χ1) is 6.40. The lowest BCUT2D eigenvalue weighted by molar-refractivity contribution is -0.217. The third-order valence-corrected chi connectivity index (χ3v) is 2.51. The Labute approximate surface area is 80.7 Å². The topological polar surface area (TPSA) is 33.0 Å². The van der Waals surface area contributed by atoms with E-state index in [4.69, 9.17) is 10.00 Å². The Morgan fingerprint density at radius 2 is 2.07 bits per heavy atom. The molecule has 0 bridgehead atoms. The van der Waals surface area contributed by atoms with Crippen LogP contribution in [0.3, 0.4) is 0 Å². The molecule has 1 aliphatic carbocycles. The molecule has 80 valence electrons. The summed E-state index contributed by atoms with van der Waals surface area (Å²) < 4.78 is 40.8. The number of ether oxygens (including phenoxy) is 1. The second-order valence-corrected chi connectivity index (χ2v) is 3.83. The van der Waals surface area contributed by atoms with Crippen molar-refractivity contribution in [2.75, 3.05) is 6.61 Å². The normalized spacial score (nSPS) is 21.4. The summed E-state index contributed by atoms with van der Waals surface area (Å²) in [6.07, 6.45) is -4.16. The van der Waals surface area contributed by atoms with Gasteiger partial charge in [-0.1, -0.05) is 0 Å². The van der Waals surface area contributed by atoms with Crippen molar-refractivity contribution in [3.05, 3.63) is 0 Å². The summed E-state index contributed by atoms with van der Waals surface area (Å²) >= 11 is 0. The predicted octanol–water partition coefficient (Wildman–Crippen LogP) is 2.65. The van der Waals surface area contributed by atoms with Crippen LogP contribution in [0, 0.1) is 16.7 Å². The highest BCUT2D eigenvalue weighted by Gasteiger charge is 2.45. The predicted molar refractivity (Wildman–Crippen MR) is 43.4 cm³/mol. The van der Waals surface area contributed by atoms with Crippen LogP contribution in [0.1, 0.15) is 26.2 Å². The molecular weight excluding hydrogens is 195 g/mol. The van der Waals surface area contributed by atoms with Gasteiger partial charge in [-0.25, -0.2) is 0 Å². The van der Waals surface area contributed by atoms with Crippen molar-refractivity contribution < 1.29 is 17.9 Å². The molecule has 1 fully saturated rings. The molecule has 1 saturated carbocycles. The Bertz CT molecular complexity index is 239. The van der Waals surface area contributed by atoms with Crippen LogP contribution in [-0.2, 0) is 4.74 Å². The Morgan fingerprint density at radius 3 is 2.43 bits per heavy atom. The molecule has 1 aliphatic rings. The van der Waals surface area contributed by atoms with Crippen LogP contribution in [0.5, 0.6) is 0 Å². The van der Waals surface area contributed by atoms with Crippen LogP contribution in [0.25, 0.3) is 0 Å². The molecule has 5 heteroatoms. The smallest absolute Gasteiger partial charge is 0.368 e. The monoisotopic (exact) mass is 207 g/mol. The lowest BCUT2D eigenvalue weighted by atomic mass is 10.1. The van der Waals surface area contributed by atoms with E-state index < -0.39 is 12.3 Å². The van der Waals surface area contributed by atoms with Crippen molar-refractivity contribution >= 4 is 0 Å². The number of alkyl halides is 3. The molecule has 1 rings (SSSR count). The Hall–Kier alpha value is -0.760. The van der Waals surface area contributed by atoms with Gasteiger partial charge in [-0.15, -0.1) is 0 Å². The zero-order chi connectivity index (χ0) is 10.8. The van der Waals surface area contributed by atoms with E-state index in [1.807, 2.05) is 6.07 Å². The van der Waals surface area contributed by atoms with Crippen molar-refractivity contribution in [3.8, 4) is 6.07 Å². The number of halogens is 3. The van der Waals surface area contributed by atoms with Gasteiger partial charge in [0.05, 0.1) is 12.7 Å². The quantitative estimate of drug-likeness (QED) is 0.709. The Kier molecular flexibility index (Phi) is 3.05. The molecule has 0 aromatic rings. The van der Waals surface area contributed by atoms with Gasteiger partial charge >= 0.3 is 6.18 Å².